The van der Waals surface area contributed by atoms with Crippen LogP contribution in [0.3, 0.4) is 0 Å². The van der Waals surface area contributed by atoms with E-state index in [0.717, 1.165) is 35.8 Å². The molecule has 0 radical (unpaired) electrons. The second-order valence-corrected chi connectivity index (χ2v) is 7.24. The number of carbonyl (C=O) groups is 1. The number of piperazine rings is 1. The van der Waals surface area contributed by atoms with Crippen molar-refractivity contribution in [1.82, 2.24) is 9.88 Å². The number of aromatic amines is 1. The van der Waals surface area contributed by atoms with Gasteiger partial charge < -0.3 is 19.5 Å². The normalized spacial score (nSPS) is 13.9. The molecule has 0 atom stereocenters. The van der Waals surface area contributed by atoms with Gasteiger partial charge in [-0.25, -0.2) is 0 Å². The first-order valence-corrected chi connectivity index (χ1v) is 9.73. The van der Waals surface area contributed by atoms with Crippen molar-refractivity contribution in [2.24, 2.45) is 0 Å². The highest BCUT2D eigenvalue weighted by molar-refractivity contribution is 5.77. The van der Waals surface area contributed by atoms with Crippen LogP contribution in [0.4, 0.5) is 5.69 Å². The Labute approximate surface area is 170 Å². The van der Waals surface area contributed by atoms with Crippen LogP contribution in [0, 0.1) is 25.2 Å². The molecule has 1 fully saturated rings. The predicted molar refractivity (Wildman–Crippen MR) is 111 cm³/mol. The Morgan fingerprint density at radius 3 is 2.41 bits per heavy atom. The number of nitrogens with zero attached hydrogens (tertiary/aromatic N) is 3. The van der Waals surface area contributed by atoms with Crippen molar-refractivity contribution in [2.75, 3.05) is 38.2 Å². The van der Waals surface area contributed by atoms with Gasteiger partial charge in [0.1, 0.15) is 17.4 Å². The summed E-state index contributed by atoms with van der Waals surface area (Å²) in [4.78, 5) is 31.4. The average molecular weight is 394 g/mol. The minimum absolute atomic E-state index is 0.0999. The second-order valence-electron chi connectivity index (χ2n) is 7.24. The highest BCUT2D eigenvalue weighted by Gasteiger charge is 2.22. The first-order chi connectivity index (χ1) is 13.9. The largest absolute Gasteiger partial charge is 0.497 e. The molecular formula is C22H26N4O3. The van der Waals surface area contributed by atoms with E-state index in [1.807, 2.05) is 42.2 Å². The van der Waals surface area contributed by atoms with E-state index in [2.05, 4.69) is 9.88 Å². The number of anilines is 1. The van der Waals surface area contributed by atoms with Crippen molar-refractivity contribution in [3.05, 3.63) is 57.0 Å². The first kappa shape index (κ1) is 20.5. The van der Waals surface area contributed by atoms with E-state index in [0.29, 0.717) is 31.5 Å². The first-order valence-electron chi connectivity index (χ1n) is 9.73. The van der Waals surface area contributed by atoms with Crippen LogP contribution in [-0.2, 0) is 11.2 Å². The molecule has 152 valence electrons. The number of aromatic nitrogens is 1. The SMILES string of the molecule is COc1ccc(N2CCN(C(=O)CCc3c(C)[nH]c(=O)c(C#N)c3C)CC2)cc1. The smallest absolute Gasteiger partial charge is 0.266 e. The Kier molecular flexibility index (Phi) is 6.23. The van der Waals surface area contributed by atoms with Crippen molar-refractivity contribution in [2.45, 2.75) is 26.7 Å². The van der Waals surface area contributed by atoms with Crippen LogP contribution in [0.2, 0.25) is 0 Å². The monoisotopic (exact) mass is 394 g/mol. The number of nitriles is 1. The van der Waals surface area contributed by atoms with E-state index in [1.54, 1.807) is 14.0 Å². The number of amides is 1. The number of H-pyrrole nitrogens is 1. The third-order valence-corrected chi connectivity index (χ3v) is 5.58. The Morgan fingerprint density at radius 2 is 1.83 bits per heavy atom. The molecule has 1 aromatic carbocycles. The van der Waals surface area contributed by atoms with Crippen LogP contribution in [0.1, 0.15) is 28.8 Å². The zero-order valence-corrected chi connectivity index (χ0v) is 17.1. The summed E-state index contributed by atoms with van der Waals surface area (Å²) in [5.74, 6) is 0.929. The molecule has 1 aliphatic rings. The molecule has 2 heterocycles. The van der Waals surface area contributed by atoms with Gasteiger partial charge in [-0.05, 0) is 55.7 Å². The maximum atomic E-state index is 12.7. The van der Waals surface area contributed by atoms with Crippen molar-refractivity contribution in [3.63, 3.8) is 0 Å². The lowest BCUT2D eigenvalue weighted by Crippen LogP contribution is -2.48. The number of ether oxygens (including phenoxy) is 1. The van der Waals surface area contributed by atoms with E-state index in [1.165, 1.54) is 0 Å². The summed E-state index contributed by atoms with van der Waals surface area (Å²) in [5, 5.41) is 9.19. The standard InChI is InChI=1S/C22H26N4O3/c1-15-19(16(2)24-22(28)20(15)14-23)8-9-21(27)26-12-10-25(11-13-26)17-4-6-18(29-3)7-5-17/h4-7H,8-13H2,1-3H3,(H,24,28). The molecule has 1 saturated heterocycles. The molecule has 1 N–H and O–H groups in total. The van der Waals surface area contributed by atoms with Gasteiger partial charge in [-0.2, -0.15) is 5.26 Å². The minimum atomic E-state index is -0.368. The summed E-state index contributed by atoms with van der Waals surface area (Å²) in [7, 11) is 1.65. The molecule has 7 heteroatoms. The summed E-state index contributed by atoms with van der Waals surface area (Å²) >= 11 is 0. The van der Waals surface area contributed by atoms with Crippen molar-refractivity contribution >= 4 is 11.6 Å². The molecular weight excluding hydrogens is 368 g/mol. The number of aryl methyl sites for hydroxylation is 1. The number of carbonyl (C=O) groups excluding carboxylic acids is 1. The number of benzene rings is 1. The molecule has 2 aromatic rings. The average Bonchev–Trinajstić information content (AvgIpc) is 2.73. The molecule has 0 aliphatic carbocycles. The molecule has 1 amide bonds. The summed E-state index contributed by atoms with van der Waals surface area (Å²) < 4.78 is 5.20. The fourth-order valence-electron chi connectivity index (χ4n) is 3.82. The maximum absolute atomic E-state index is 12.7. The van der Waals surface area contributed by atoms with Gasteiger partial charge in [0.25, 0.3) is 5.56 Å². The molecule has 0 unspecified atom stereocenters. The summed E-state index contributed by atoms with van der Waals surface area (Å²) in [6.45, 7) is 6.51. The third kappa shape index (κ3) is 4.43. The molecule has 0 bridgehead atoms. The zero-order chi connectivity index (χ0) is 21.0. The Bertz CT molecular complexity index is 981. The molecule has 1 aliphatic heterocycles. The number of hydrogen-bond acceptors (Lipinski definition) is 5. The number of rotatable bonds is 5. The van der Waals surface area contributed by atoms with E-state index < -0.39 is 0 Å². The summed E-state index contributed by atoms with van der Waals surface area (Å²) in [6, 6.07) is 9.91. The summed E-state index contributed by atoms with van der Waals surface area (Å²) in [5.41, 5.74) is 3.17. The van der Waals surface area contributed by atoms with Crippen LogP contribution < -0.4 is 15.2 Å². The van der Waals surface area contributed by atoms with Gasteiger partial charge in [-0.1, -0.05) is 0 Å². The zero-order valence-electron chi connectivity index (χ0n) is 17.1. The Morgan fingerprint density at radius 1 is 1.17 bits per heavy atom. The van der Waals surface area contributed by atoms with E-state index in [4.69, 9.17) is 4.74 Å². The van der Waals surface area contributed by atoms with Gasteiger partial charge >= 0.3 is 0 Å². The highest BCUT2D eigenvalue weighted by atomic mass is 16.5. The number of methoxy groups -OCH3 is 1. The lowest BCUT2D eigenvalue weighted by Gasteiger charge is -2.36. The fourth-order valence-corrected chi connectivity index (χ4v) is 3.82. The van der Waals surface area contributed by atoms with E-state index in [-0.39, 0.29) is 17.0 Å². The molecule has 0 saturated carbocycles. The van der Waals surface area contributed by atoms with Crippen LogP contribution in [-0.4, -0.2) is 49.1 Å². The number of hydrogen-bond donors (Lipinski definition) is 1. The molecule has 29 heavy (non-hydrogen) atoms. The summed E-state index contributed by atoms with van der Waals surface area (Å²) in [6.07, 6.45) is 0.877. The Balaban J connectivity index is 1.58. The van der Waals surface area contributed by atoms with Gasteiger partial charge in [0.15, 0.2) is 0 Å². The number of pyridine rings is 1. The van der Waals surface area contributed by atoms with Gasteiger partial charge in [-0.3, -0.25) is 9.59 Å². The minimum Gasteiger partial charge on any atom is -0.497 e. The molecule has 7 nitrogen and oxygen atoms in total. The molecule has 1 aromatic heterocycles. The third-order valence-electron chi connectivity index (χ3n) is 5.58. The van der Waals surface area contributed by atoms with Gasteiger partial charge in [-0.15, -0.1) is 0 Å². The predicted octanol–water partition coefficient (Wildman–Crippen LogP) is 2.15. The topological polar surface area (TPSA) is 89.4 Å². The second kappa shape index (κ2) is 8.82. The van der Waals surface area contributed by atoms with Gasteiger partial charge in [0.2, 0.25) is 5.91 Å². The van der Waals surface area contributed by atoms with Crippen LogP contribution in [0.25, 0.3) is 0 Å². The Hall–Kier alpha value is -3.27. The lowest BCUT2D eigenvalue weighted by atomic mass is 9.99. The van der Waals surface area contributed by atoms with Gasteiger partial charge in [0.05, 0.1) is 7.11 Å². The van der Waals surface area contributed by atoms with Crippen molar-refractivity contribution < 1.29 is 9.53 Å². The van der Waals surface area contributed by atoms with Gasteiger partial charge in [0, 0.05) is 44.0 Å². The quantitative estimate of drug-likeness (QED) is 0.839. The lowest BCUT2D eigenvalue weighted by molar-refractivity contribution is -0.131. The highest BCUT2D eigenvalue weighted by Crippen LogP contribution is 2.21. The van der Waals surface area contributed by atoms with Crippen molar-refractivity contribution in [1.29, 1.82) is 5.26 Å². The van der Waals surface area contributed by atoms with Crippen molar-refractivity contribution in [3.8, 4) is 11.8 Å². The van der Waals surface area contributed by atoms with E-state index in [9.17, 15) is 14.9 Å². The van der Waals surface area contributed by atoms with Crippen LogP contribution >= 0.6 is 0 Å². The molecule has 3 rings (SSSR count). The van der Waals surface area contributed by atoms with Crippen LogP contribution in [0.15, 0.2) is 29.1 Å². The van der Waals surface area contributed by atoms with E-state index >= 15 is 0 Å². The number of nitrogens with one attached hydrogen (secondary N) is 1. The maximum Gasteiger partial charge on any atom is 0.266 e. The van der Waals surface area contributed by atoms with Crippen LogP contribution in [0.5, 0.6) is 5.75 Å². The fraction of sp³-hybridized carbons (Fsp3) is 0.409. The molecule has 0 spiro atoms.